The molecular weight excluding hydrogens is 537 g/mol. The van der Waals surface area contributed by atoms with E-state index in [0.29, 0.717) is 29.2 Å². The van der Waals surface area contributed by atoms with Gasteiger partial charge in [-0.2, -0.15) is 5.10 Å². The fourth-order valence-corrected chi connectivity index (χ4v) is 4.26. The second-order valence-corrected chi connectivity index (χ2v) is 9.52. The maximum Gasteiger partial charge on any atom is 0.259 e. The van der Waals surface area contributed by atoms with Crippen molar-refractivity contribution in [1.29, 1.82) is 0 Å². The number of ether oxygens (including phenoxy) is 1. The zero-order valence-electron chi connectivity index (χ0n) is 21.7. The summed E-state index contributed by atoms with van der Waals surface area (Å²) in [5.74, 6) is 0.872. The van der Waals surface area contributed by atoms with E-state index in [4.69, 9.17) is 22.8 Å². The Balaban J connectivity index is 1.55. The van der Waals surface area contributed by atoms with Gasteiger partial charge in [-0.15, -0.1) is 6.42 Å². The fourth-order valence-electron chi connectivity index (χ4n) is 4.14. The molecule has 1 saturated heterocycles. The summed E-state index contributed by atoms with van der Waals surface area (Å²) in [5, 5.41) is 21.1. The first-order valence-corrected chi connectivity index (χ1v) is 12.8. The molecule has 1 aliphatic rings. The van der Waals surface area contributed by atoms with E-state index in [-0.39, 0.29) is 40.9 Å². The minimum atomic E-state index is -0.794. The van der Waals surface area contributed by atoms with E-state index in [1.165, 1.54) is 49.9 Å². The number of methoxy groups -OCH3 is 1. The molecule has 1 aromatic heterocycles. The number of rotatable bonds is 8. The Morgan fingerprint density at radius 1 is 1.20 bits per heavy atom. The lowest BCUT2D eigenvalue weighted by molar-refractivity contribution is 0.102. The predicted molar refractivity (Wildman–Crippen MR) is 151 cm³/mol. The molecule has 0 bridgehead atoms. The number of aliphatic hydroxyl groups is 1. The van der Waals surface area contributed by atoms with Gasteiger partial charge in [0.2, 0.25) is 0 Å². The van der Waals surface area contributed by atoms with Crippen molar-refractivity contribution < 1.29 is 23.8 Å². The van der Waals surface area contributed by atoms with Crippen molar-refractivity contribution in [3.05, 3.63) is 81.8 Å². The van der Waals surface area contributed by atoms with E-state index in [1.54, 1.807) is 12.1 Å². The molecule has 1 fully saturated rings. The minimum Gasteiger partial charge on any atom is -0.495 e. The van der Waals surface area contributed by atoms with Crippen molar-refractivity contribution in [2.45, 2.75) is 12.8 Å². The zero-order valence-corrected chi connectivity index (χ0v) is 22.4. The van der Waals surface area contributed by atoms with Crippen molar-refractivity contribution in [3.8, 4) is 18.1 Å². The molecule has 2 amide bonds. The molecule has 9 nitrogen and oxygen atoms in total. The SMILES string of the molecule is C#Cc1cc(OC)c(NC(=O)c2ccc(C=NN3CCC(CO)CC3)cc2F)c(C(=O)Nc2ccc(Cl)cn2)c1. The van der Waals surface area contributed by atoms with Crippen LogP contribution in [-0.4, -0.2) is 59.9 Å². The summed E-state index contributed by atoms with van der Waals surface area (Å²) in [6.45, 7) is 1.57. The molecule has 2 aromatic carbocycles. The van der Waals surface area contributed by atoms with Gasteiger partial charge in [0.15, 0.2) is 0 Å². The standard InChI is InChI=1S/C29H27ClFN5O4/c1-3-18-12-23(29(39)34-26-7-5-21(30)16-32-26)27(25(14-18)40-2)35-28(38)22-6-4-20(13-24(22)31)15-33-36-10-8-19(17-37)9-11-36/h1,4-7,12-16,19,37H,8-11,17H2,2H3,(H,35,38)(H,32,34,39). The van der Waals surface area contributed by atoms with Crippen molar-refractivity contribution >= 4 is 41.1 Å². The first-order valence-electron chi connectivity index (χ1n) is 12.4. The third kappa shape index (κ3) is 6.94. The number of halogens is 2. The molecule has 206 valence electrons. The second kappa shape index (κ2) is 13.1. The molecule has 40 heavy (non-hydrogen) atoms. The Morgan fingerprint density at radius 2 is 1.95 bits per heavy atom. The highest BCUT2D eigenvalue weighted by molar-refractivity contribution is 6.30. The lowest BCUT2D eigenvalue weighted by atomic mass is 9.99. The molecule has 4 rings (SSSR count). The summed E-state index contributed by atoms with van der Waals surface area (Å²) in [6.07, 6.45) is 10.1. The van der Waals surface area contributed by atoms with Gasteiger partial charge in [0.05, 0.1) is 35.2 Å². The van der Waals surface area contributed by atoms with Crippen molar-refractivity contribution in [2.75, 3.05) is 37.4 Å². The highest BCUT2D eigenvalue weighted by Gasteiger charge is 2.22. The Labute approximate surface area is 236 Å². The zero-order chi connectivity index (χ0) is 28.6. The Morgan fingerprint density at radius 3 is 2.58 bits per heavy atom. The molecule has 1 aliphatic heterocycles. The van der Waals surface area contributed by atoms with Gasteiger partial charge in [-0.1, -0.05) is 23.6 Å². The van der Waals surface area contributed by atoms with Crippen LogP contribution in [0.4, 0.5) is 15.9 Å². The van der Waals surface area contributed by atoms with Crippen LogP contribution in [0.2, 0.25) is 5.02 Å². The summed E-state index contributed by atoms with van der Waals surface area (Å²) in [4.78, 5) is 30.3. The number of carbonyl (C=O) groups is 2. The van der Waals surface area contributed by atoms with Crippen LogP contribution in [0.3, 0.4) is 0 Å². The normalized spacial score (nSPS) is 13.6. The van der Waals surface area contributed by atoms with Gasteiger partial charge in [0.25, 0.3) is 11.8 Å². The lowest BCUT2D eigenvalue weighted by Crippen LogP contribution is -2.31. The number of piperidine rings is 1. The maximum atomic E-state index is 15.0. The number of nitrogens with one attached hydrogen (secondary N) is 2. The van der Waals surface area contributed by atoms with E-state index in [1.807, 2.05) is 5.01 Å². The minimum absolute atomic E-state index is 0.00784. The molecule has 0 spiro atoms. The summed E-state index contributed by atoms with van der Waals surface area (Å²) in [5.41, 5.74) is 0.569. The summed E-state index contributed by atoms with van der Waals surface area (Å²) < 4.78 is 20.4. The molecular formula is C29H27ClFN5O4. The molecule has 3 aromatic rings. The molecule has 2 heterocycles. The van der Waals surface area contributed by atoms with Gasteiger partial charge in [0, 0.05) is 31.5 Å². The Kier molecular flexibility index (Phi) is 9.32. The van der Waals surface area contributed by atoms with Crippen LogP contribution in [0.1, 0.15) is 44.7 Å². The Hall–Kier alpha value is -4.46. The monoisotopic (exact) mass is 563 g/mol. The third-order valence-electron chi connectivity index (χ3n) is 6.40. The number of hydrogen-bond donors (Lipinski definition) is 3. The number of amides is 2. The molecule has 0 aliphatic carbocycles. The van der Waals surface area contributed by atoms with E-state index in [2.05, 4.69) is 26.6 Å². The highest BCUT2D eigenvalue weighted by atomic mass is 35.5. The fraction of sp³-hybridized carbons (Fsp3) is 0.241. The van der Waals surface area contributed by atoms with Crippen LogP contribution in [0, 0.1) is 24.1 Å². The van der Waals surface area contributed by atoms with Gasteiger partial charge in [0.1, 0.15) is 17.4 Å². The number of hydrazone groups is 1. The average Bonchev–Trinajstić information content (AvgIpc) is 2.97. The van der Waals surface area contributed by atoms with E-state index >= 15 is 4.39 Å². The summed E-state index contributed by atoms with van der Waals surface area (Å²) >= 11 is 5.86. The van der Waals surface area contributed by atoms with Crippen molar-refractivity contribution in [3.63, 3.8) is 0 Å². The number of benzene rings is 2. The third-order valence-corrected chi connectivity index (χ3v) is 6.62. The highest BCUT2D eigenvalue weighted by Crippen LogP contribution is 2.32. The number of carbonyl (C=O) groups excluding carboxylic acids is 2. The van der Waals surface area contributed by atoms with Gasteiger partial charge in [-0.05, 0) is 60.7 Å². The largest absolute Gasteiger partial charge is 0.495 e. The van der Waals surface area contributed by atoms with Crippen molar-refractivity contribution in [2.24, 2.45) is 11.0 Å². The number of pyridine rings is 1. The van der Waals surface area contributed by atoms with Gasteiger partial charge in [-0.25, -0.2) is 9.37 Å². The maximum absolute atomic E-state index is 15.0. The average molecular weight is 564 g/mol. The second-order valence-electron chi connectivity index (χ2n) is 9.08. The molecule has 0 unspecified atom stereocenters. The topological polar surface area (TPSA) is 116 Å². The number of hydrogen-bond acceptors (Lipinski definition) is 7. The smallest absolute Gasteiger partial charge is 0.259 e. The van der Waals surface area contributed by atoms with Crippen LogP contribution < -0.4 is 15.4 Å². The number of aromatic nitrogens is 1. The lowest BCUT2D eigenvalue weighted by Gasteiger charge is -2.28. The van der Waals surface area contributed by atoms with Crippen LogP contribution >= 0.6 is 11.6 Å². The van der Waals surface area contributed by atoms with E-state index < -0.39 is 17.6 Å². The molecule has 0 atom stereocenters. The quantitative estimate of drug-likeness (QED) is 0.276. The Bertz CT molecular complexity index is 1460. The summed E-state index contributed by atoms with van der Waals surface area (Å²) in [7, 11) is 1.36. The molecule has 3 N–H and O–H groups in total. The molecule has 0 radical (unpaired) electrons. The van der Waals surface area contributed by atoms with E-state index in [9.17, 15) is 14.7 Å². The number of terminal acetylenes is 1. The number of nitrogens with zero attached hydrogens (tertiary/aromatic N) is 3. The van der Waals surface area contributed by atoms with Gasteiger partial charge >= 0.3 is 0 Å². The first kappa shape index (κ1) is 28.5. The van der Waals surface area contributed by atoms with Crippen LogP contribution in [0.5, 0.6) is 5.75 Å². The van der Waals surface area contributed by atoms with Crippen LogP contribution in [0.25, 0.3) is 0 Å². The number of aliphatic hydroxyl groups excluding tert-OH is 1. The molecule has 0 saturated carbocycles. The van der Waals surface area contributed by atoms with Gasteiger partial charge < -0.3 is 20.5 Å². The summed E-state index contributed by atoms with van der Waals surface area (Å²) in [6, 6.07) is 10.1. The molecule has 11 heteroatoms. The van der Waals surface area contributed by atoms with Crippen LogP contribution in [-0.2, 0) is 0 Å². The predicted octanol–water partition coefficient (Wildman–Crippen LogP) is 4.41. The van der Waals surface area contributed by atoms with E-state index in [0.717, 1.165) is 12.8 Å². The number of anilines is 2. The van der Waals surface area contributed by atoms with Gasteiger partial charge in [-0.3, -0.25) is 14.6 Å². The van der Waals surface area contributed by atoms with Crippen LogP contribution in [0.15, 0.2) is 53.8 Å². The van der Waals surface area contributed by atoms with Crippen molar-refractivity contribution in [1.82, 2.24) is 9.99 Å². The first-order chi connectivity index (χ1) is 19.3.